The maximum Gasteiger partial charge on any atom is 0.244 e. The molecule has 0 bridgehead atoms. The van der Waals surface area contributed by atoms with Gasteiger partial charge in [0, 0.05) is 19.1 Å². The quantitative estimate of drug-likeness (QED) is 0.420. The van der Waals surface area contributed by atoms with Crippen LogP contribution >= 0.6 is 0 Å². The molecule has 0 aromatic heterocycles. The summed E-state index contributed by atoms with van der Waals surface area (Å²) in [5, 5.41) is 0. The Morgan fingerprint density at radius 1 is 0.861 bits per heavy atom. The van der Waals surface area contributed by atoms with Gasteiger partial charge in [-0.15, -0.1) is 0 Å². The zero-order chi connectivity index (χ0) is 25.5. The van der Waals surface area contributed by atoms with Gasteiger partial charge < -0.3 is 4.74 Å². The largest absolute Gasteiger partial charge is 0.379 e. The number of hydrogen-bond acceptors (Lipinski definition) is 4. The average molecular weight is 503 g/mol. The highest BCUT2D eigenvalue weighted by molar-refractivity contribution is 7.89. The van der Waals surface area contributed by atoms with Gasteiger partial charge in [-0.2, -0.15) is 4.31 Å². The van der Waals surface area contributed by atoms with E-state index in [1.54, 1.807) is 12.1 Å². The summed E-state index contributed by atoms with van der Waals surface area (Å²) in [7, 11) is -3.76. The van der Waals surface area contributed by atoms with E-state index in [-0.39, 0.29) is 23.5 Å². The SMILES string of the molecule is Cc1ccc(C(C#CCN(C(C)c2ccccc2)S(=O)(=O)c2ccc(C)cc2)N2CCOCC2)cc1. The summed E-state index contributed by atoms with van der Waals surface area (Å²) in [5.41, 5.74) is 4.25. The monoisotopic (exact) mass is 502 g/mol. The van der Waals surface area contributed by atoms with Crippen molar-refractivity contribution < 1.29 is 13.2 Å². The van der Waals surface area contributed by atoms with Crippen molar-refractivity contribution in [2.45, 2.75) is 37.8 Å². The summed E-state index contributed by atoms with van der Waals surface area (Å²) in [4.78, 5) is 2.58. The molecule has 0 spiro atoms. The minimum Gasteiger partial charge on any atom is -0.379 e. The molecule has 0 saturated carbocycles. The van der Waals surface area contributed by atoms with E-state index in [1.807, 2.05) is 56.3 Å². The molecule has 1 aliphatic heterocycles. The lowest BCUT2D eigenvalue weighted by atomic mass is 10.0. The maximum absolute atomic E-state index is 13.8. The van der Waals surface area contributed by atoms with E-state index >= 15 is 0 Å². The van der Waals surface area contributed by atoms with Crippen LogP contribution < -0.4 is 0 Å². The summed E-state index contributed by atoms with van der Waals surface area (Å²) in [5.74, 6) is 6.66. The number of sulfonamides is 1. The zero-order valence-electron chi connectivity index (χ0n) is 21.2. The summed E-state index contributed by atoms with van der Waals surface area (Å²) in [6.45, 7) is 8.95. The Kier molecular flexibility index (Phi) is 8.60. The van der Waals surface area contributed by atoms with Crippen molar-refractivity contribution in [1.82, 2.24) is 9.21 Å². The van der Waals surface area contributed by atoms with Gasteiger partial charge in [-0.1, -0.05) is 89.7 Å². The first-order valence-electron chi connectivity index (χ1n) is 12.4. The first-order valence-corrected chi connectivity index (χ1v) is 13.8. The summed E-state index contributed by atoms with van der Waals surface area (Å²) < 4.78 is 34.6. The van der Waals surface area contributed by atoms with Crippen LogP contribution in [0.2, 0.25) is 0 Å². The standard InChI is InChI=1S/C30H34N2O3S/c1-24-11-15-28(16-12-24)30(31-20-22-35-23-21-31)10-7-19-32(26(3)27-8-5-4-6-9-27)36(33,34)29-17-13-25(2)14-18-29/h4-6,8-9,11-18,26,30H,19-23H2,1-3H3. The molecule has 0 aliphatic carbocycles. The third-order valence-corrected chi connectivity index (χ3v) is 8.55. The van der Waals surface area contributed by atoms with Gasteiger partial charge in [0.05, 0.1) is 30.7 Å². The van der Waals surface area contributed by atoms with E-state index in [4.69, 9.17) is 4.74 Å². The van der Waals surface area contributed by atoms with Crippen LogP contribution in [0.25, 0.3) is 0 Å². The molecule has 4 rings (SSSR count). The number of hydrogen-bond donors (Lipinski definition) is 0. The molecule has 5 nitrogen and oxygen atoms in total. The minimum atomic E-state index is -3.76. The van der Waals surface area contributed by atoms with Gasteiger partial charge in [-0.3, -0.25) is 4.90 Å². The summed E-state index contributed by atoms with van der Waals surface area (Å²) in [6.07, 6.45) is 0. The van der Waals surface area contributed by atoms with E-state index < -0.39 is 10.0 Å². The molecule has 0 amide bonds. The highest BCUT2D eigenvalue weighted by atomic mass is 32.2. The Balaban J connectivity index is 1.68. The van der Waals surface area contributed by atoms with Crippen molar-refractivity contribution in [3.63, 3.8) is 0 Å². The van der Waals surface area contributed by atoms with E-state index in [1.165, 1.54) is 9.87 Å². The van der Waals surface area contributed by atoms with Gasteiger partial charge in [0.2, 0.25) is 10.0 Å². The van der Waals surface area contributed by atoms with Gasteiger partial charge in [-0.25, -0.2) is 8.42 Å². The molecule has 1 heterocycles. The fraction of sp³-hybridized carbons (Fsp3) is 0.333. The molecule has 6 heteroatoms. The third-order valence-electron chi connectivity index (χ3n) is 6.62. The Labute approximate surface area is 215 Å². The number of nitrogens with zero attached hydrogens (tertiary/aromatic N) is 2. The van der Waals surface area contributed by atoms with Crippen LogP contribution in [-0.2, 0) is 14.8 Å². The molecule has 0 N–H and O–H groups in total. The lowest BCUT2D eigenvalue weighted by Crippen LogP contribution is -2.39. The van der Waals surface area contributed by atoms with Crippen molar-refractivity contribution in [2.75, 3.05) is 32.8 Å². The van der Waals surface area contributed by atoms with E-state index in [0.717, 1.165) is 29.8 Å². The van der Waals surface area contributed by atoms with Gasteiger partial charge in [0.25, 0.3) is 0 Å². The molecular weight excluding hydrogens is 468 g/mol. The van der Waals surface area contributed by atoms with Gasteiger partial charge >= 0.3 is 0 Å². The van der Waals surface area contributed by atoms with Crippen molar-refractivity contribution in [1.29, 1.82) is 0 Å². The second-order valence-electron chi connectivity index (χ2n) is 9.23. The number of morpholine rings is 1. The second-order valence-corrected chi connectivity index (χ2v) is 11.1. The lowest BCUT2D eigenvalue weighted by Gasteiger charge is -2.32. The second kappa shape index (κ2) is 11.9. The molecule has 3 aromatic carbocycles. The highest BCUT2D eigenvalue weighted by Crippen LogP contribution is 2.28. The lowest BCUT2D eigenvalue weighted by molar-refractivity contribution is 0.0269. The summed E-state index contributed by atoms with van der Waals surface area (Å²) in [6, 6.07) is 24.6. The molecule has 188 valence electrons. The molecule has 1 fully saturated rings. The van der Waals surface area contributed by atoms with Crippen molar-refractivity contribution in [3.8, 4) is 11.8 Å². The molecule has 0 radical (unpaired) electrons. The van der Waals surface area contributed by atoms with E-state index in [9.17, 15) is 8.42 Å². The first-order chi connectivity index (χ1) is 17.4. The van der Waals surface area contributed by atoms with Crippen LogP contribution in [0.15, 0.2) is 83.8 Å². The van der Waals surface area contributed by atoms with Crippen molar-refractivity contribution >= 4 is 10.0 Å². The number of rotatable bonds is 7. The summed E-state index contributed by atoms with van der Waals surface area (Å²) >= 11 is 0. The Hall–Kier alpha value is -2.95. The fourth-order valence-corrected chi connectivity index (χ4v) is 5.89. The Morgan fingerprint density at radius 2 is 1.44 bits per heavy atom. The normalized spacial score (nSPS) is 16.2. The molecule has 2 unspecified atom stereocenters. The molecule has 2 atom stereocenters. The van der Waals surface area contributed by atoms with Crippen LogP contribution in [0.3, 0.4) is 0 Å². The number of benzene rings is 3. The van der Waals surface area contributed by atoms with Crippen LogP contribution in [0.5, 0.6) is 0 Å². The Morgan fingerprint density at radius 3 is 2.06 bits per heavy atom. The topological polar surface area (TPSA) is 49.9 Å². The van der Waals surface area contributed by atoms with E-state index in [0.29, 0.717) is 13.2 Å². The smallest absolute Gasteiger partial charge is 0.244 e. The van der Waals surface area contributed by atoms with Crippen LogP contribution in [-0.4, -0.2) is 50.5 Å². The van der Waals surface area contributed by atoms with Gasteiger partial charge in [0.1, 0.15) is 0 Å². The van der Waals surface area contributed by atoms with Crippen LogP contribution in [0.1, 0.15) is 41.3 Å². The van der Waals surface area contributed by atoms with Crippen LogP contribution in [0, 0.1) is 25.7 Å². The Bertz CT molecular complexity index is 1290. The predicted octanol–water partition coefficient (Wildman–Crippen LogP) is 5.13. The average Bonchev–Trinajstić information content (AvgIpc) is 2.90. The maximum atomic E-state index is 13.8. The van der Waals surface area contributed by atoms with Gasteiger partial charge in [-0.05, 0) is 44.0 Å². The number of ether oxygens (including phenoxy) is 1. The van der Waals surface area contributed by atoms with Crippen LogP contribution in [0.4, 0.5) is 0 Å². The first kappa shape index (κ1) is 26.1. The molecular formula is C30H34N2O3S. The molecule has 36 heavy (non-hydrogen) atoms. The van der Waals surface area contributed by atoms with Crippen molar-refractivity contribution in [3.05, 3.63) is 101 Å². The fourth-order valence-electron chi connectivity index (χ4n) is 4.36. The van der Waals surface area contributed by atoms with Crippen molar-refractivity contribution in [2.24, 2.45) is 0 Å². The minimum absolute atomic E-state index is 0.0962. The van der Waals surface area contributed by atoms with Gasteiger partial charge in [0.15, 0.2) is 0 Å². The number of aryl methyl sites for hydroxylation is 2. The predicted molar refractivity (Wildman–Crippen MR) is 144 cm³/mol. The zero-order valence-corrected chi connectivity index (χ0v) is 22.0. The third kappa shape index (κ3) is 6.24. The molecule has 1 aliphatic rings. The van der Waals surface area contributed by atoms with E-state index in [2.05, 4.69) is 47.9 Å². The molecule has 3 aromatic rings. The highest BCUT2D eigenvalue weighted by Gasteiger charge is 2.29. The molecule has 1 saturated heterocycles.